The molecule has 1 atom stereocenters. The summed E-state index contributed by atoms with van der Waals surface area (Å²) in [5, 5.41) is 4.18. The first-order chi connectivity index (χ1) is 17.1. The predicted molar refractivity (Wildman–Crippen MR) is 135 cm³/mol. The average molecular weight is 495 g/mol. The number of ether oxygens (including phenoxy) is 3. The highest BCUT2D eigenvalue weighted by Crippen LogP contribution is 2.31. The molecular weight excluding hydrogens is 468 g/mol. The van der Waals surface area contributed by atoms with Gasteiger partial charge in [-0.25, -0.2) is 4.98 Å². The molecule has 1 aliphatic rings. The van der Waals surface area contributed by atoms with E-state index in [4.69, 9.17) is 19.2 Å². The van der Waals surface area contributed by atoms with Crippen molar-refractivity contribution in [1.29, 1.82) is 0 Å². The van der Waals surface area contributed by atoms with Gasteiger partial charge in [-0.15, -0.1) is 0 Å². The molecule has 4 aromatic rings. The lowest BCUT2D eigenvalue weighted by Crippen LogP contribution is -2.33. The number of aromatic nitrogens is 3. The second kappa shape index (κ2) is 10.0. The molecule has 2 N–H and O–H groups in total. The molecule has 1 aliphatic heterocycles. The lowest BCUT2D eigenvalue weighted by molar-refractivity contribution is -0.119. The standard InChI is InChI=1S/C25H26N4O5S/c1-32-19-10-9-15(12-20(19)33-2)29-24(31)23-22(17-7-3-4-8-18(17)27-23)28-25(29)35-14-21(30)26-13-16-6-5-11-34-16/h3-4,7-10,12,16,27H,5-6,11,13-14H2,1-2H3,(H,26,30). The number of aromatic amines is 1. The molecule has 182 valence electrons. The molecule has 0 aliphatic carbocycles. The minimum absolute atomic E-state index is 0.0644. The summed E-state index contributed by atoms with van der Waals surface area (Å²) < 4.78 is 17.9. The summed E-state index contributed by atoms with van der Waals surface area (Å²) in [6.07, 6.45) is 2.03. The molecule has 1 amide bonds. The Morgan fingerprint density at radius 3 is 2.83 bits per heavy atom. The summed E-state index contributed by atoms with van der Waals surface area (Å²) in [5.41, 5.74) is 2.09. The molecule has 1 unspecified atom stereocenters. The largest absolute Gasteiger partial charge is 0.493 e. The van der Waals surface area contributed by atoms with Crippen molar-refractivity contribution in [3.63, 3.8) is 0 Å². The molecule has 2 aromatic carbocycles. The molecule has 1 saturated heterocycles. The highest BCUT2D eigenvalue weighted by molar-refractivity contribution is 7.99. The van der Waals surface area contributed by atoms with Gasteiger partial charge in [0.1, 0.15) is 11.0 Å². The van der Waals surface area contributed by atoms with E-state index in [2.05, 4.69) is 10.3 Å². The maximum absolute atomic E-state index is 13.7. The molecule has 2 aromatic heterocycles. The quantitative estimate of drug-likeness (QED) is 0.286. The third kappa shape index (κ3) is 4.59. The van der Waals surface area contributed by atoms with Crippen LogP contribution in [0.5, 0.6) is 11.5 Å². The molecule has 3 heterocycles. The molecule has 0 radical (unpaired) electrons. The van der Waals surface area contributed by atoms with E-state index in [0.29, 0.717) is 39.9 Å². The molecule has 1 fully saturated rings. The van der Waals surface area contributed by atoms with Crippen LogP contribution >= 0.6 is 11.8 Å². The Labute approximate surface area is 205 Å². The van der Waals surface area contributed by atoms with E-state index in [-0.39, 0.29) is 23.3 Å². The Morgan fingerprint density at radius 2 is 2.06 bits per heavy atom. The molecular formula is C25H26N4O5S. The van der Waals surface area contributed by atoms with Crippen LogP contribution in [-0.2, 0) is 9.53 Å². The van der Waals surface area contributed by atoms with Gasteiger partial charge >= 0.3 is 0 Å². The highest BCUT2D eigenvalue weighted by Gasteiger charge is 2.20. The van der Waals surface area contributed by atoms with Crippen LogP contribution in [-0.4, -0.2) is 59.7 Å². The van der Waals surface area contributed by atoms with Crippen molar-refractivity contribution in [3.8, 4) is 17.2 Å². The van der Waals surface area contributed by atoms with E-state index >= 15 is 0 Å². The zero-order chi connectivity index (χ0) is 24.4. The van der Waals surface area contributed by atoms with Crippen LogP contribution in [0.3, 0.4) is 0 Å². The summed E-state index contributed by atoms with van der Waals surface area (Å²) in [6.45, 7) is 1.22. The van der Waals surface area contributed by atoms with Crippen LogP contribution in [0.2, 0.25) is 0 Å². The summed E-state index contributed by atoms with van der Waals surface area (Å²) in [7, 11) is 3.09. The van der Waals surface area contributed by atoms with Crippen LogP contribution < -0.4 is 20.3 Å². The third-order valence-corrected chi connectivity index (χ3v) is 6.94. The Kier molecular flexibility index (Phi) is 6.65. The Morgan fingerprint density at radius 1 is 1.23 bits per heavy atom. The number of carbonyl (C=O) groups excluding carboxylic acids is 1. The fourth-order valence-electron chi connectivity index (χ4n) is 4.24. The zero-order valence-corrected chi connectivity index (χ0v) is 20.3. The number of H-pyrrole nitrogens is 1. The van der Waals surface area contributed by atoms with E-state index in [1.807, 2.05) is 24.3 Å². The Balaban J connectivity index is 1.54. The number of hydrogen-bond acceptors (Lipinski definition) is 7. The number of hydrogen-bond donors (Lipinski definition) is 2. The van der Waals surface area contributed by atoms with Gasteiger partial charge in [-0.1, -0.05) is 30.0 Å². The summed E-state index contributed by atoms with van der Waals surface area (Å²) in [4.78, 5) is 34.3. The van der Waals surface area contributed by atoms with Crippen LogP contribution in [0.25, 0.3) is 27.6 Å². The van der Waals surface area contributed by atoms with Crippen molar-refractivity contribution in [1.82, 2.24) is 19.9 Å². The van der Waals surface area contributed by atoms with Crippen LogP contribution in [0.4, 0.5) is 0 Å². The van der Waals surface area contributed by atoms with Crippen molar-refractivity contribution in [2.45, 2.75) is 24.1 Å². The third-order valence-electron chi connectivity index (χ3n) is 6.00. The van der Waals surface area contributed by atoms with Crippen molar-refractivity contribution < 1.29 is 19.0 Å². The van der Waals surface area contributed by atoms with Gasteiger partial charge in [0.25, 0.3) is 5.56 Å². The smallest absolute Gasteiger partial charge is 0.283 e. The van der Waals surface area contributed by atoms with E-state index in [9.17, 15) is 9.59 Å². The number of methoxy groups -OCH3 is 2. The minimum Gasteiger partial charge on any atom is -0.493 e. The van der Waals surface area contributed by atoms with Gasteiger partial charge in [0.05, 0.1) is 31.8 Å². The molecule has 9 nitrogen and oxygen atoms in total. The first-order valence-corrected chi connectivity index (χ1v) is 12.3. The second-order valence-corrected chi connectivity index (χ2v) is 9.14. The average Bonchev–Trinajstić information content (AvgIpc) is 3.54. The van der Waals surface area contributed by atoms with Gasteiger partial charge in [0, 0.05) is 30.1 Å². The lowest BCUT2D eigenvalue weighted by Gasteiger charge is -2.15. The number of nitrogens with zero attached hydrogens (tertiary/aromatic N) is 2. The number of para-hydroxylation sites is 1. The van der Waals surface area contributed by atoms with Crippen LogP contribution in [0.1, 0.15) is 12.8 Å². The number of rotatable bonds is 8. The van der Waals surface area contributed by atoms with Gasteiger partial charge in [-0.3, -0.25) is 14.2 Å². The normalized spacial score (nSPS) is 15.5. The molecule has 0 bridgehead atoms. The van der Waals surface area contributed by atoms with Crippen molar-refractivity contribution in [2.24, 2.45) is 0 Å². The molecule has 10 heteroatoms. The summed E-state index contributed by atoms with van der Waals surface area (Å²) in [6, 6.07) is 12.9. The van der Waals surface area contributed by atoms with Crippen molar-refractivity contribution in [2.75, 3.05) is 33.1 Å². The number of nitrogens with one attached hydrogen (secondary N) is 2. The van der Waals surface area contributed by atoms with Crippen molar-refractivity contribution >= 4 is 39.6 Å². The molecule has 0 spiro atoms. The summed E-state index contributed by atoms with van der Waals surface area (Å²) >= 11 is 1.21. The summed E-state index contributed by atoms with van der Waals surface area (Å²) in [5.74, 6) is 1.00. The molecule has 5 rings (SSSR count). The van der Waals surface area contributed by atoms with Crippen molar-refractivity contribution in [3.05, 3.63) is 52.8 Å². The van der Waals surface area contributed by atoms with E-state index in [1.54, 1.807) is 25.3 Å². The maximum atomic E-state index is 13.7. The van der Waals surface area contributed by atoms with Gasteiger partial charge in [-0.2, -0.15) is 0 Å². The van der Waals surface area contributed by atoms with E-state index in [0.717, 1.165) is 30.4 Å². The highest BCUT2D eigenvalue weighted by atomic mass is 32.2. The fraction of sp³-hybridized carbons (Fsp3) is 0.320. The van der Waals surface area contributed by atoms with Gasteiger partial charge in [-0.05, 0) is 31.0 Å². The van der Waals surface area contributed by atoms with Crippen LogP contribution in [0, 0.1) is 0 Å². The first-order valence-electron chi connectivity index (χ1n) is 11.4. The molecule has 35 heavy (non-hydrogen) atoms. The number of amides is 1. The number of thioether (sulfide) groups is 1. The fourth-order valence-corrected chi connectivity index (χ4v) is 5.08. The lowest BCUT2D eigenvalue weighted by atomic mass is 10.2. The van der Waals surface area contributed by atoms with Crippen LogP contribution in [0.15, 0.2) is 52.4 Å². The SMILES string of the molecule is COc1ccc(-n2c(SCC(=O)NCC3CCCO3)nc3c([nH]c4ccccc43)c2=O)cc1OC. The predicted octanol–water partition coefficient (Wildman–Crippen LogP) is 3.27. The number of benzene rings is 2. The van der Waals surface area contributed by atoms with E-state index in [1.165, 1.54) is 23.4 Å². The van der Waals surface area contributed by atoms with Gasteiger partial charge in [0.15, 0.2) is 16.7 Å². The van der Waals surface area contributed by atoms with E-state index < -0.39 is 0 Å². The van der Waals surface area contributed by atoms with Gasteiger partial charge in [0.2, 0.25) is 5.91 Å². The topological polar surface area (TPSA) is 107 Å². The zero-order valence-electron chi connectivity index (χ0n) is 19.5. The minimum atomic E-state index is -0.263. The molecule has 0 saturated carbocycles. The number of fused-ring (bicyclic) bond motifs is 3. The van der Waals surface area contributed by atoms with Gasteiger partial charge < -0.3 is 24.5 Å². The Hall–Kier alpha value is -3.50. The maximum Gasteiger partial charge on any atom is 0.283 e. The number of carbonyl (C=O) groups is 1. The second-order valence-electron chi connectivity index (χ2n) is 8.20. The Bertz CT molecular complexity index is 1440. The monoisotopic (exact) mass is 494 g/mol. The first kappa shape index (κ1) is 23.3.